The molecule has 2 amide bonds. The third-order valence-electron chi connectivity index (χ3n) is 4.34. The number of hydrogen-bond donors (Lipinski definition) is 2. The van der Waals surface area contributed by atoms with E-state index in [0.717, 1.165) is 25.9 Å². The Balaban J connectivity index is 0.00000288. The summed E-state index contributed by atoms with van der Waals surface area (Å²) in [5.41, 5.74) is 11.5. The highest BCUT2D eigenvalue weighted by Gasteiger charge is 2.24. The SMILES string of the molecule is CC(N)C1CCN(C(=O)CCOc2cccc(C(N)=O)c2)CC1.Cl. The Bertz CT molecular complexity index is 558. The van der Waals surface area contributed by atoms with Gasteiger partial charge in [0.25, 0.3) is 0 Å². The number of ether oxygens (including phenoxy) is 1. The second-order valence-electron chi connectivity index (χ2n) is 6.07. The van der Waals surface area contributed by atoms with Crippen molar-refractivity contribution >= 4 is 24.2 Å². The number of primary amides is 1. The predicted molar refractivity (Wildman–Crippen MR) is 95.3 cm³/mol. The van der Waals surface area contributed by atoms with Gasteiger partial charge in [-0.05, 0) is 43.9 Å². The number of carbonyl (C=O) groups excluding carboxylic acids is 2. The summed E-state index contributed by atoms with van der Waals surface area (Å²) in [4.78, 5) is 25.2. The van der Waals surface area contributed by atoms with Gasteiger partial charge in [-0.1, -0.05) is 6.07 Å². The maximum absolute atomic E-state index is 12.2. The number of rotatable bonds is 6. The number of benzene rings is 1. The monoisotopic (exact) mass is 355 g/mol. The molecule has 1 aliphatic heterocycles. The second kappa shape index (κ2) is 9.49. The first-order chi connectivity index (χ1) is 11.0. The molecule has 0 bridgehead atoms. The van der Waals surface area contributed by atoms with Crippen molar-refractivity contribution in [1.29, 1.82) is 0 Å². The highest BCUT2D eigenvalue weighted by Crippen LogP contribution is 2.20. The van der Waals surface area contributed by atoms with Gasteiger partial charge in [0.1, 0.15) is 5.75 Å². The standard InChI is InChI=1S/C17H25N3O3.ClH/c1-12(18)13-5-8-20(9-6-13)16(21)7-10-23-15-4-2-3-14(11-15)17(19)22;/h2-4,11-13H,5-10,18H2,1H3,(H2,19,22);1H. The Morgan fingerprint density at radius 3 is 2.58 bits per heavy atom. The number of halogens is 1. The van der Waals surface area contributed by atoms with E-state index in [2.05, 4.69) is 0 Å². The number of piperidine rings is 1. The molecule has 2 rings (SSSR count). The van der Waals surface area contributed by atoms with Crippen molar-refractivity contribution < 1.29 is 14.3 Å². The Labute approximate surface area is 148 Å². The van der Waals surface area contributed by atoms with E-state index in [1.54, 1.807) is 24.3 Å². The Hall–Kier alpha value is -1.79. The Morgan fingerprint density at radius 1 is 1.33 bits per heavy atom. The normalized spacial score (nSPS) is 16.2. The van der Waals surface area contributed by atoms with Gasteiger partial charge in [-0.3, -0.25) is 9.59 Å². The molecule has 134 valence electrons. The van der Waals surface area contributed by atoms with E-state index in [-0.39, 0.29) is 31.0 Å². The topological polar surface area (TPSA) is 98.7 Å². The zero-order chi connectivity index (χ0) is 16.8. The largest absolute Gasteiger partial charge is 0.493 e. The van der Waals surface area contributed by atoms with Gasteiger partial charge in [0, 0.05) is 24.7 Å². The van der Waals surface area contributed by atoms with Gasteiger partial charge in [0.15, 0.2) is 0 Å². The van der Waals surface area contributed by atoms with Crippen molar-refractivity contribution in [2.24, 2.45) is 17.4 Å². The first-order valence-corrected chi connectivity index (χ1v) is 8.03. The molecule has 0 saturated carbocycles. The van der Waals surface area contributed by atoms with Gasteiger partial charge in [-0.2, -0.15) is 0 Å². The maximum atomic E-state index is 12.2. The van der Waals surface area contributed by atoms with Crippen LogP contribution >= 0.6 is 12.4 Å². The number of amides is 2. The van der Waals surface area contributed by atoms with Crippen molar-refractivity contribution in [1.82, 2.24) is 4.90 Å². The van der Waals surface area contributed by atoms with Crippen molar-refractivity contribution in [3.63, 3.8) is 0 Å². The van der Waals surface area contributed by atoms with Crippen LogP contribution in [0, 0.1) is 5.92 Å². The molecular formula is C17H26ClN3O3. The van der Waals surface area contributed by atoms with Crippen LogP contribution in [0.1, 0.15) is 36.5 Å². The molecule has 1 aromatic carbocycles. The molecule has 1 atom stereocenters. The zero-order valence-electron chi connectivity index (χ0n) is 13.9. The van der Waals surface area contributed by atoms with Crippen molar-refractivity contribution in [2.75, 3.05) is 19.7 Å². The number of nitrogens with two attached hydrogens (primary N) is 2. The molecular weight excluding hydrogens is 330 g/mol. The van der Waals surface area contributed by atoms with E-state index < -0.39 is 5.91 Å². The van der Waals surface area contributed by atoms with Gasteiger partial charge in [0.05, 0.1) is 13.0 Å². The van der Waals surface area contributed by atoms with Crippen LogP contribution in [0.3, 0.4) is 0 Å². The van der Waals surface area contributed by atoms with Gasteiger partial charge < -0.3 is 21.1 Å². The summed E-state index contributed by atoms with van der Waals surface area (Å²) in [5.74, 6) is 0.652. The van der Waals surface area contributed by atoms with Crippen LogP contribution in [0.2, 0.25) is 0 Å². The summed E-state index contributed by atoms with van der Waals surface area (Å²) in [6.45, 7) is 3.84. The second-order valence-corrected chi connectivity index (χ2v) is 6.07. The van der Waals surface area contributed by atoms with E-state index in [9.17, 15) is 9.59 Å². The van der Waals surface area contributed by atoms with E-state index in [0.29, 0.717) is 23.7 Å². The average Bonchev–Trinajstić information content (AvgIpc) is 2.55. The lowest BCUT2D eigenvalue weighted by Crippen LogP contribution is -2.42. The Kier molecular flexibility index (Phi) is 8.01. The molecule has 24 heavy (non-hydrogen) atoms. The summed E-state index contributed by atoms with van der Waals surface area (Å²) in [5, 5.41) is 0. The van der Waals surface area contributed by atoms with Crippen molar-refractivity contribution in [3.05, 3.63) is 29.8 Å². The van der Waals surface area contributed by atoms with Crippen LogP contribution in [0.5, 0.6) is 5.75 Å². The molecule has 1 fully saturated rings. The molecule has 7 heteroatoms. The summed E-state index contributed by atoms with van der Waals surface area (Å²) in [6, 6.07) is 6.85. The summed E-state index contributed by atoms with van der Waals surface area (Å²) < 4.78 is 5.54. The van der Waals surface area contributed by atoms with E-state index in [4.69, 9.17) is 16.2 Å². The van der Waals surface area contributed by atoms with E-state index in [1.165, 1.54) is 0 Å². The van der Waals surface area contributed by atoms with Crippen LogP contribution in [-0.4, -0.2) is 42.5 Å². The first kappa shape index (κ1) is 20.3. The molecule has 4 N–H and O–H groups in total. The molecule has 1 aromatic rings. The molecule has 1 heterocycles. The number of nitrogens with zero attached hydrogens (tertiary/aromatic N) is 1. The number of hydrogen-bond acceptors (Lipinski definition) is 4. The number of likely N-dealkylation sites (tertiary alicyclic amines) is 1. The number of carbonyl (C=O) groups is 2. The van der Waals surface area contributed by atoms with Crippen molar-refractivity contribution in [3.8, 4) is 5.75 Å². The fourth-order valence-electron chi connectivity index (χ4n) is 2.83. The first-order valence-electron chi connectivity index (χ1n) is 8.03. The Morgan fingerprint density at radius 2 is 2.00 bits per heavy atom. The van der Waals surface area contributed by atoms with Crippen LogP contribution in [-0.2, 0) is 4.79 Å². The van der Waals surface area contributed by atoms with Crippen molar-refractivity contribution in [2.45, 2.75) is 32.2 Å². The minimum absolute atomic E-state index is 0. The highest BCUT2D eigenvalue weighted by molar-refractivity contribution is 5.93. The van der Waals surface area contributed by atoms with Crippen LogP contribution in [0.15, 0.2) is 24.3 Å². The quantitative estimate of drug-likeness (QED) is 0.808. The fourth-order valence-corrected chi connectivity index (χ4v) is 2.83. The third-order valence-corrected chi connectivity index (χ3v) is 4.34. The zero-order valence-corrected chi connectivity index (χ0v) is 14.8. The third kappa shape index (κ3) is 5.69. The van der Waals surface area contributed by atoms with Gasteiger partial charge in [0.2, 0.25) is 11.8 Å². The summed E-state index contributed by atoms with van der Waals surface area (Å²) >= 11 is 0. The van der Waals surface area contributed by atoms with E-state index in [1.807, 2.05) is 11.8 Å². The fraction of sp³-hybridized carbons (Fsp3) is 0.529. The summed E-state index contributed by atoms with van der Waals surface area (Å²) in [7, 11) is 0. The van der Waals surface area contributed by atoms with Gasteiger partial charge in [-0.15, -0.1) is 12.4 Å². The highest BCUT2D eigenvalue weighted by atomic mass is 35.5. The van der Waals surface area contributed by atoms with E-state index >= 15 is 0 Å². The lowest BCUT2D eigenvalue weighted by molar-refractivity contribution is -0.133. The lowest BCUT2D eigenvalue weighted by atomic mass is 9.91. The average molecular weight is 356 g/mol. The molecule has 6 nitrogen and oxygen atoms in total. The molecule has 0 aliphatic carbocycles. The molecule has 0 radical (unpaired) electrons. The van der Waals surface area contributed by atoms with Crippen LogP contribution in [0.4, 0.5) is 0 Å². The molecule has 1 saturated heterocycles. The maximum Gasteiger partial charge on any atom is 0.248 e. The lowest BCUT2D eigenvalue weighted by Gasteiger charge is -2.33. The summed E-state index contributed by atoms with van der Waals surface area (Å²) in [6.07, 6.45) is 2.25. The smallest absolute Gasteiger partial charge is 0.248 e. The van der Waals surface area contributed by atoms with Crippen LogP contribution < -0.4 is 16.2 Å². The molecule has 0 spiro atoms. The molecule has 1 unspecified atom stereocenters. The minimum Gasteiger partial charge on any atom is -0.493 e. The van der Waals surface area contributed by atoms with Gasteiger partial charge >= 0.3 is 0 Å². The molecule has 0 aromatic heterocycles. The predicted octanol–water partition coefficient (Wildman–Crippen LogP) is 1.56. The molecule has 1 aliphatic rings. The van der Waals surface area contributed by atoms with Gasteiger partial charge in [-0.25, -0.2) is 0 Å². The van der Waals surface area contributed by atoms with Crippen LogP contribution in [0.25, 0.3) is 0 Å². The minimum atomic E-state index is -0.497.